The Kier molecular flexibility index (Phi) is 6.21. The van der Waals surface area contributed by atoms with E-state index in [-0.39, 0.29) is 12.4 Å². The maximum absolute atomic E-state index is 14.0. The lowest BCUT2D eigenvalue weighted by Gasteiger charge is -2.28. The van der Waals surface area contributed by atoms with E-state index in [4.69, 9.17) is 9.47 Å². The van der Waals surface area contributed by atoms with Gasteiger partial charge in [-0.3, -0.25) is 4.79 Å². The van der Waals surface area contributed by atoms with Gasteiger partial charge in [0.05, 0.1) is 0 Å². The number of benzene rings is 4. The Hall–Kier alpha value is -3.44. The molecule has 0 heterocycles. The van der Waals surface area contributed by atoms with Crippen molar-refractivity contribution in [2.45, 2.75) is 44.6 Å². The summed E-state index contributed by atoms with van der Waals surface area (Å²) in [5, 5.41) is 3.99. The third kappa shape index (κ3) is 4.56. The van der Waals surface area contributed by atoms with Gasteiger partial charge in [0, 0.05) is 15.4 Å². The molecule has 4 nitrogen and oxygen atoms in total. The van der Waals surface area contributed by atoms with E-state index < -0.39 is 17.0 Å². The van der Waals surface area contributed by atoms with Crippen LogP contribution in [0.1, 0.15) is 39.2 Å². The van der Waals surface area contributed by atoms with Gasteiger partial charge < -0.3 is 9.47 Å². The first-order valence-electron chi connectivity index (χ1n) is 12.0. The van der Waals surface area contributed by atoms with Gasteiger partial charge in [-0.2, -0.15) is 0 Å². The summed E-state index contributed by atoms with van der Waals surface area (Å²) in [5.41, 5.74) is -0.353. The number of carbonyl (C=O) groups is 2. The second-order valence-electron chi connectivity index (χ2n) is 10.2. The zero-order valence-electron chi connectivity index (χ0n) is 20.5. The molecule has 1 aliphatic rings. The molecule has 1 atom stereocenters. The molecule has 0 unspecified atom stereocenters. The van der Waals surface area contributed by atoms with E-state index in [0.717, 1.165) is 31.6 Å². The summed E-state index contributed by atoms with van der Waals surface area (Å²) >= 11 is 3.48. The van der Waals surface area contributed by atoms with E-state index in [1.807, 2.05) is 99.6 Å². The number of esters is 2. The molecule has 4 aromatic carbocycles. The van der Waals surface area contributed by atoms with Gasteiger partial charge in [-0.15, -0.1) is 0 Å². The minimum atomic E-state index is -1.03. The average Bonchev–Trinajstić information content (AvgIpc) is 3.31. The monoisotopic (exact) mass is 542 g/mol. The fourth-order valence-corrected chi connectivity index (χ4v) is 5.09. The maximum Gasteiger partial charge on any atom is 0.334 e. The number of carbonyl (C=O) groups excluding carboxylic acids is 2. The Bertz CT molecular complexity index is 1510. The van der Waals surface area contributed by atoms with Crippen molar-refractivity contribution < 1.29 is 19.1 Å². The molecule has 36 heavy (non-hydrogen) atoms. The Morgan fingerprint density at radius 3 is 2.19 bits per heavy atom. The Labute approximate surface area is 219 Å². The van der Waals surface area contributed by atoms with Crippen molar-refractivity contribution in [2.24, 2.45) is 0 Å². The normalized spacial score (nSPS) is 17.7. The van der Waals surface area contributed by atoms with E-state index >= 15 is 0 Å². The van der Waals surface area contributed by atoms with Crippen LogP contribution in [0.2, 0.25) is 0 Å². The van der Waals surface area contributed by atoms with Gasteiger partial charge in [0.15, 0.2) is 0 Å². The molecule has 0 saturated heterocycles. The van der Waals surface area contributed by atoms with Crippen LogP contribution in [0.4, 0.5) is 0 Å². The van der Waals surface area contributed by atoms with Crippen LogP contribution in [0, 0.1) is 0 Å². The van der Waals surface area contributed by atoms with E-state index in [2.05, 4.69) is 22.0 Å². The molecule has 0 aromatic heterocycles. The molecule has 0 saturated carbocycles. The third-order valence-corrected chi connectivity index (χ3v) is 7.10. The van der Waals surface area contributed by atoms with Gasteiger partial charge in [-0.25, -0.2) is 4.79 Å². The lowest BCUT2D eigenvalue weighted by atomic mass is 9.77. The molecule has 0 N–H and O–H groups in total. The summed E-state index contributed by atoms with van der Waals surface area (Å²) in [6.07, 6.45) is 2.39. The summed E-state index contributed by atoms with van der Waals surface area (Å²) in [6.45, 7) is 5.50. The molecule has 0 radical (unpaired) electrons. The van der Waals surface area contributed by atoms with Gasteiger partial charge >= 0.3 is 11.9 Å². The minimum absolute atomic E-state index is 0.216. The van der Waals surface area contributed by atoms with Crippen molar-refractivity contribution in [3.63, 3.8) is 0 Å². The molecule has 0 amide bonds. The predicted molar refractivity (Wildman–Crippen MR) is 146 cm³/mol. The number of rotatable bonds is 4. The number of halogens is 1. The van der Waals surface area contributed by atoms with E-state index in [1.54, 1.807) is 0 Å². The maximum atomic E-state index is 14.0. The number of hydrogen-bond acceptors (Lipinski definition) is 4. The number of hydrogen-bond donors (Lipinski definition) is 0. The van der Waals surface area contributed by atoms with Crippen LogP contribution in [0.3, 0.4) is 0 Å². The number of allylic oxidation sites excluding steroid dienone is 1. The molecular weight excluding hydrogens is 516 g/mol. The largest absolute Gasteiger partial charge is 0.457 e. The van der Waals surface area contributed by atoms with E-state index in [0.29, 0.717) is 17.7 Å². The third-order valence-electron chi connectivity index (χ3n) is 6.57. The van der Waals surface area contributed by atoms with Gasteiger partial charge in [0.2, 0.25) is 0 Å². The summed E-state index contributed by atoms with van der Waals surface area (Å²) in [5.74, 6) is -0.276. The predicted octanol–water partition coefficient (Wildman–Crippen LogP) is 7.66. The summed E-state index contributed by atoms with van der Waals surface area (Å²) in [6, 6.07) is 25.5. The van der Waals surface area contributed by atoms with Crippen molar-refractivity contribution in [1.82, 2.24) is 0 Å². The second kappa shape index (κ2) is 9.21. The van der Waals surface area contributed by atoms with Crippen LogP contribution in [-0.2, 0) is 19.7 Å². The first-order valence-corrected chi connectivity index (χ1v) is 12.8. The van der Waals surface area contributed by atoms with Crippen LogP contribution in [0.5, 0.6) is 5.75 Å². The topological polar surface area (TPSA) is 52.6 Å². The van der Waals surface area contributed by atoms with E-state index in [9.17, 15) is 9.59 Å². The Morgan fingerprint density at radius 2 is 1.50 bits per heavy atom. The van der Waals surface area contributed by atoms with Crippen molar-refractivity contribution in [2.75, 3.05) is 0 Å². The fourth-order valence-electron chi connectivity index (χ4n) is 4.83. The molecule has 0 bridgehead atoms. The van der Waals surface area contributed by atoms with Crippen LogP contribution in [0.25, 0.3) is 21.5 Å². The zero-order valence-corrected chi connectivity index (χ0v) is 22.1. The average molecular weight is 543 g/mol. The SMILES string of the molecule is CC(C)(C)OC(=O)C1=CC[C@@](C(=O)Oc2cc3ccccc3c3ccccc23)(c2ccc(Br)cc2)C1. The van der Waals surface area contributed by atoms with Gasteiger partial charge in [-0.05, 0) is 73.5 Å². The van der Waals surface area contributed by atoms with Crippen LogP contribution in [-0.4, -0.2) is 17.5 Å². The van der Waals surface area contributed by atoms with Crippen molar-refractivity contribution in [3.05, 3.63) is 101 Å². The van der Waals surface area contributed by atoms with E-state index in [1.165, 1.54) is 0 Å². The van der Waals surface area contributed by atoms with Crippen LogP contribution < -0.4 is 4.74 Å². The highest BCUT2D eigenvalue weighted by molar-refractivity contribution is 9.10. The summed E-state index contributed by atoms with van der Waals surface area (Å²) in [4.78, 5) is 26.9. The first-order chi connectivity index (χ1) is 17.2. The van der Waals surface area contributed by atoms with Crippen molar-refractivity contribution >= 4 is 49.4 Å². The molecular formula is C31H27BrO4. The van der Waals surface area contributed by atoms with Crippen molar-refractivity contribution in [1.29, 1.82) is 0 Å². The van der Waals surface area contributed by atoms with Crippen LogP contribution >= 0.6 is 15.9 Å². The molecule has 182 valence electrons. The minimum Gasteiger partial charge on any atom is -0.457 e. The number of ether oxygens (including phenoxy) is 2. The fraction of sp³-hybridized carbons (Fsp3) is 0.226. The number of fused-ring (bicyclic) bond motifs is 3. The lowest BCUT2D eigenvalue weighted by molar-refractivity contribution is -0.150. The highest BCUT2D eigenvalue weighted by Crippen LogP contribution is 2.44. The molecule has 5 rings (SSSR count). The lowest BCUT2D eigenvalue weighted by Crippen LogP contribution is -2.38. The van der Waals surface area contributed by atoms with Crippen LogP contribution in [0.15, 0.2) is 95.0 Å². The smallest absolute Gasteiger partial charge is 0.334 e. The molecule has 0 spiro atoms. The van der Waals surface area contributed by atoms with Gasteiger partial charge in [0.1, 0.15) is 16.8 Å². The summed E-state index contributed by atoms with van der Waals surface area (Å²) < 4.78 is 12.7. The zero-order chi connectivity index (χ0) is 25.5. The van der Waals surface area contributed by atoms with Crippen molar-refractivity contribution in [3.8, 4) is 5.75 Å². The molecule has 0 fully saturated rings. The first kappa shape index (κ1) is 24.3. The molecule has 0 aliphatic heterocycles. The summed E-state index contributed by atoms with van der Waals surface area (Å²) in [7, 11) is 0. The Balaban J connectivity index is 1.55. The molecule has 4 aromatic rings. The quantitative estimate of drug-likeness (QED) is 0.151. The molecule has 1 aliphatic carbocycles. The standard InChI is InChI=1S/C31H27BrO4/c1-30(2,3)36-28(33)21-16-17-31(19-21,22-12-14-23(32)15-13-22)29(34)35-27-18-20-8-4-5-9-24(20)25-10-6-7-11-26(25)27/h4-16,18H,17,19H2,1-3H3/t31-/m0/s1. The second-order valence-corrected chi connectivity index (χ2v) is 11.1. The molecule has 5 heteroatoms. The Morgan fingerprint density at radius 1 is 0.861 bits per heavy atom. The highest BCUT2D eigenvalue weighted by Gasteiger charge is 2.47. The van der Waals surface area contributed by atoms with Gasteiger partial charge in [-0.1, -0.05) is 82.7 Å². The highest BCUT2D eigenvalue weighted by atomic mass is 79.9. The van der Waals surface area contributed by atoms with Gasteiger partial charge in [0.25, 0.3) is 0 Å².